The Kier molecular flexibility index (Phi) is 5.55. The largest absolute Gasteiger partial charge is 0.508 e. The fourth-order valence-electron chi connectivity index (χ4n) is 2.76. The lowest BCUT2D eigenvalue weighted by molar-refractivity contribution is -0.137. The van der Waals surface area contributed by atoms with Crippen molar-refractivity contribution in [2.24, 2.45) is 4.99 Å². The van der Waals surface area contributed by atoms with Gasteiger partial charge in [0.15, 0.2) is 0 Å². The van der Waals surface area contributed by atoms with E-state index in [1.807, 2.05) is 0 Å². The van der Waals surface area contributed by atoms with Crippen molar-refractivity contribution < 1.29 is 27.5 Å². The van der Waals surface area contributed by atoms with Crippen LogP contribution in [0.2, 0.25) is 5.02 Å². The fourth-order valence-corrected chi connectivity index (χ4v) is 3.69. The zero-order chi connectivity index (χ0) is 22.2. The molecule has 5 nitrogen and oxygen atoms in total. The Labute approximate surface area is 183 Å². The molecule has 4 rings (SSSR count). The highest BCUT2D eigenvalue weighted by molar-refractivity contribution is 8.18. The number of phenols is 1. The zero-order valence-electron chi connectivity index (χ0n) is 15.4. The molecule has 0 bridgehead atoms. The number of halogens is 4. The third kappa shape index (κ3) is 4.78. The van der Waals surface area contributed by atoms with Gasteiger partial charge in [0.1, 0.15) is 23.1 Å². The minimum absolute atomic E-state index is 0.0842. The lowest BCUT2D eigenvalue weighted by Crippen LogP contribution is -2.18. The van der Waals surface area contributed by atoms with E-state index in [0.717, 1.165) is 30.0 Å². The van der Waals surface area contributed by atoms with Gasteiger partial charge in [0.2, 0.25) is 0 Å². The quantitative estimate of drug-likeness (QED) is 0.444. The monoisotopic (exact) mass is 464 g/mol. The molecule has 1 fully saturated rings. The second kappa shape index (κ2) is 8.16. The second-order valence-corrected chi connectivity index (χ2v) is 7.82. The van der Waals surface area contributed by atoms with Crippen LogP contribution in [-0.4, -0.2) is 16.2 Å². The van der Waals surface area contributed by atoms with E-state index in [9.17, 15) is 23.1 Å². The Bertz CT molecular complexity index is 1220. The molecule has 0 spiro atoms. The molecule has 2 heterocycles. The third-order valence-corrected chi connectivity index (χ3v) is 5.35. The topological polar surface area (TPSA) is 74.8 Å². The molecule has 1 amide bonds. The summed E-state index contributed by atoms with van der Waals surface area (Å²) in [5.41, 5.74) is -0.225. The van der Waals surface area contributed by atoms with Crippen LogP contribution in [0.5, 0.6) is 5.75 Å². The van der Waals surface area contributed by atoms with Crippen molar-refractivity contribution in [2.45, 2.75) is 6.18 Å². The molecule has 1 aliphatic heterocycles. The maximum absolute atomic E-state index is 13.0. The molecule has 0 unspecified atom stereocenters. The van der Waals surface area contributed by atoms with E-state index >= 15 is 0 Å². The Balaban J connectivity index is 1.66. The van der Waals surface area contributed by atoms with Gasteiger partial charge >= 0.3 is 6.18 Å². The van der Waals surface area contributed by atoms with Gasteiger partial charge in [0, 0.05) is 5.56 Å². The van der Waals surface area contributed by atoms with Crippen molar-refractivity contribution in [3.63, 3.8) is 0 Å². The predicted octanol–water partition coefficient (Wildman–Crippen LogP) is 6.85. The number of benzene rings is 2. The van der Waals surface area contributed by atoms with Crippen molar-refractivity contribution in [2.75, 3.05) is 0 Å². The number of furan rings is 1. The van der Waals surface area contributed by atoms with E-state index in [1.54, 1.807) is 24.3 Å². The molecule has 0 aliphatic carbocycles. The summed E-state index contributed by atoms with van der Waals surface area (Å²) in [6.45, 7) is 0. The van der Waals surface area contributed by atoms with Gasteiger partial charge in [-0.15, -0.1) is 0 Å². The van der Waals surface area contributed by atoms with Crippen molar-refractivity contribution in [3.8, 4) is 17.1 Å². The van der Waals surface area contributed by atoms with Gasteiger partial charge in [-0.05, 0) is 72.4 Å². The normalized spacial score (nSPS) is 16.8. The highest BCUT2D eigenvalue weighted by Gasteiger charge is 2.31. The molecule has 0 saturated carbocycles. The van der Waals surface area contributed by atoms with E-state index in [-0.39, 0.29) is 33.2 Å². The molecule has 2 N–H and O–H groups in total. The first-order valence-corrected chi connectivity index (χ1v) is 9.94. The number of nitrogens with one attached hydrogen (secondary N) is 1. The van der Waals surface area contributed by atoms with Gasteiger partial charge in [-0.25, -0.2) is 4.99 Å². The number of phenolic OH excluding ortho intramolecular Hbond substituents is 1. The second-order valence-electron chi connectivity index (χ2n) is 6.39. The molecular weight excluding hydrogens is 453 g/mol. The van der Waals surface area contributed by atoms with Gasteiger partial charge in [-0.2, -0.15) is 13.2 Å². The van der Waals surface area contributed by atoms with Gasteiger partial charge in [0.05, 0.1) is 21.2 Å². The van der Waals surface area contributed by atoms with Crippen LogP contribution in [0.1, 0.15) is 11.3 Å². The van der Waals surface area contributed by atoms with Crippen LogP contribution in [0, 0.1) is 0 Å². The molecule has 158 valence electrons. The summed E-state index contributed by atoms with van der Waals surface area (Å²) in [7, 11) is 0. The smallest absolute Gasteiger partial charge is 0.416 e. The van der Waals surface area contributed by atoms with Gasteiger partial charge in [-0.3, -0.25) is 4.79 Å². The average molecular weight is 465 g/mol. The maximum Gasteiger partial charge on any atom is 0.416 e. The summed E-state index contributed by atoms with van der Waals surface area (Å²) >= 11 is 6.97. The lowest BCUT2D eigenvalue weighted by atomic mass is 10.1. The third-order valence-electron chi connectivity index (χ3n) is 4.21. The van der Waals surface area contributed by atoms with Crippen molar-refractivity contribution >= 4 is 46.2 Å². The number of amides is 1. The number of amidine groups is 1. The Morgan fingerprint density at radius 2 is 1.84 bits per heavy atom. The lowest BCUT2D eigenvalue weighted by Gasteiger charge is -2.09. The van der Waals surface area contributed by atoms with E-state index in [1.165, 1.54) is 18.2 Å². The molecule has 31 heavy (non-hydrogen) atoms. The summed E-state index contributed by atoms with van der Waals surface area (Å²) < 4.78 is 44.7. The summed E-state index contributed by atoms with van der Waals surface area (Å²) in [4.78, 5) is 16.6. The summed E-state index contributed by atoms with van der Waals surface area (Å²) in [6, 6.07) is 12.1. The average Bonchev–Trinajstić information content (AvgIpc) is 3.30. The number of carbonyl (C=O) groups excluding carboxylic acids is 1. The Morgan fingerprint density at radius 1 is 1.10 bits per heavy atom. The Hall–Kier alpha value is -3.17. The highest BCUT2D eigenvalue weighted by atomic mass is 35.5. The molecule has 0 atom stereocenters. The van der Waals surface area contributed by atoms with Gasteiger partial charge < -0.3 is 14.8 Å². The molecule has 2 aromatic carbocycles. The predicted molar refractivity (Wildman–Crippen MR) is 113 cm³/mol. The summed E-state index contributed by atoms with van der Waals surface area (Å²) in [5.74, 6) is 0.833. The number of alkyl halides is 3. The molecular formula is C21H12ClF3N2O3S. The summed E-state index contributed by atoms with van der Waals surface area (Å²) in [5, 5.41) is 11.8. The van der Waals surface area contributed by atoms with Crippen molar-refractivity contribution in [3.05, 3.63) is 75.8 Å². The van der Waals surface area contributed by atoms with E-state index in [2.05, 4.69) is 10.3 Å². The van der Waals surface area contributed by atoms with Crippen LogP contribution in [-0.2, 0) is 6.18 Å². The van der Waals surface area contributed by atoms with Crippen molar-refractivity contribution in [1.29, 1.82) is 0 Å². The zero-order valence-corrected chi connectivity index (χ0v) is 17.0. The van der Waals surface area contributed by atoms with Crippen LogP contribution in [0.15, 0.2) is 68.9 Å². The highest BCUT2D eigenvalue weighted by Crippen LogP contribution is 2.37. The molecule has 10 heteroatoms. The number of thioether (sulfide) groups is 1. The molecule has 1 saturated heterocycles. The number of nitrogens with zero attached hydrogens (tertiary/aromatic N) is 1. The van der Waals surface area contributed by atoms with Crippen LogP contribution in [0.3, 0.4) is 0 Å². The van der Waals surface area contributed by atoms with Crippen LogP contribution >= 0.6 is 23.4 Å². The van der Waals surface area contributed by atoms with E-state index in [4.69, 9.17) is 16.0 Å². The number of aromatic hydroxyl groups is 1. The summed E-state index contributed by atoms with van der Waals surface area (Å²) in [6.07, 6.45) is -2.96. The number of rotatable bonds is 3. The number of carbonyl (C=O) groups is 1. The van der Waals surface area contributed by atoms with Gasteiger partial charge in [0.25, 0.3) is 5.24 Å². The maximum atomic E-state index is 13.0. The van der Waals surface area contributed by atoms with E-state index < -0.39 is 11.7 Å². The first-order valence-electron chi connectivity index (χ1n) is 8.74. The minimum atomic E-state index is -4.51. The minimum Gasteiger partial charge on any atom is -0.508 e. The van der Waals surface area contributed by atoms with Crippen LogP contribution < -0.4 is 5.32 Å². The first kappa shape index (κ1) is 21.1. The molecule has 1 aromatic heterocycles. The number of hydrogen-bond acceptors (Lipinski definition) is 5. The Morgan fingerprint density at radius 3 is 2.55 bits per heavy atom. The fraction of sp³-hybridized carbons (Fsp3) is 0.0476. The molecule has 1 aliphatic rings. The standard InChI is InChI=1S/C21H12ClF3N2O3S/c22-16-7-1-11(21(23,24)25)9-15(16)17-8-6-14(30-17)10-18-19(27-20(29)31-18)26-12-2-4-13(28)5-3-12/h1-10,28H,(H,26,27,29)/b18-10-. The SMILES string of the molecule is O=C1NC(=Nc2ccc(O)cc2)/C(=C/c2ccc(-c3cc(C(F)(F)F)ccc3Cl)o2)S1. The van der Waals surface area contributed by atoms with Gasteiger partial charge in [-0.1, -0.05) is 11.6 Å². The van der Waals surface area contributed by atoms with Crippen molar-refractivity contribution in [1.82, 2.24) is 5.32 Å². The van der Waals surface area contributed by atoms with Crippen LogP contribution in [0.25, 0.3) is 17.4 Å². The molecule has 0 radical (unpaired) electrons. The number of hydrogen-bond donors (Lipinski definition) is 2. The van der Waals surface area contributed by atoms with E-state index in [0.29, 0.717) is 16.4 Å². The number of aliphatic imine (C=N–C) groups is 1. The van der Waals surface area contributed by atoms with Crippen LogP contribution in [0.4, 0.5) is 23.7 Å². The molecule has 3 aromatic rings. The first-order chi connectivity index (χ1) is 14.7.